The number of esters is 1. The summed E-state index contributed by atoms with van der Waals surface area (Å²) in [6.45, 7) is 6.43. The lowest BCUT2D eigenvalue weighted by molar-refractivity contribution is -0.143. The van der Waals surface area contributed by atoms with E-state index in [1.165, 1.54) is 17.0 Å². The summed E-state index contributed by atoms with van der Waals surface area (Å²) in [4.78, 5) is 14.4. The van der Waals surface area contributed by atoms with Gasteiger partial charge in [-0.1, -0.05) is 0 Å². The molecule has 1 heterocycles. The fraction of sp³-hybridized carbons (Fsp3) is 0.583. The van der Waals surface area contributed by atoms with Gasteiger partial charge in [0.15, 0.2) is 0 Å². The molecule has 0 unspecified atom stereocenters. The van der Waals surface area contributed by atoms with Crippen LogP contribution in [0, 0.1) is 13.8 Å². The van der Waals surface area contributed by atoms with Crippen molar-refractivity contribution in [2.45, 2.75) is 40.0 Å². The molecule has 84 valence electrons. The van der Waals surface area contributed by atoms with Crippen LogP contribution in [0.3, 0.4) is 0 Å². The van der Waals surface area contributed by atoms with Crippen LogP contribution in [-0.2, 0) is 16.0 Å². The Balaban J connectivity index is 2.31. The number of ether oxygens (including phenoxy) is 1. The molecule has 0 spiro atoms. The monoisotopic (exact) mass is 209 g/mol. The van der Waals surface area contributed by atoms with Gasteiger partial charge < -0.3 is 9.72 Å². The minimum atomic E-state index is -0.0987. The van der Waals surface area contributed by atoms with Crippen molar-refractivity contribution in [2.24, 2.45) is 0 Å². The van der Waals surface area contributed by atoms with Gasteiger partial charge in [-0.3, -0.25) is 4.79 Å². The van der Waals surface area contributed by atoms with E-state index in [1.54, 1.807) is 0 Å². The summed E-state index contributed by atoms with van der Waals surface area (Å²) in [5.41, 5.74) is 3.69. The van der Waals surface area contributed by atoms with Crippen LogP contribution >= 0.6 is 0 Å². The molecule has 0 amide bonds. The summed E-state index contributed by atoms with van der Waals surface area (Å²) in [7, 11) is 0. The van der Waals surface area contributed by atoms with E-state index >= 15 is 0 Å². The van der Waals surface area contributed by atoms with Crippen molar-refractivity contribution in [3.63, 3.8) is 0 Å². The van der Waals surface area contributed by atoms with Gasteiger partial charge in [-0.15, -0.1) is 0 Å². The molecule has 0 saturated carbocycles. The zero-order chi connectivity index (χ0) is 11.3. The molecule has 0 aliphatic heterocycles. The van der Waals surface area contributed by atoms with Gasteiger partial charge in [-0.25, -0.2) is 0 Å². The number of carbonyl (C=O) groups excluding carboxylic acids is 1. The van der Waals surface area contributed by atoms with Gasteiger partial charge in [0.1, 0.15) is 0 Å². The van der Waals surface area contributed by atoms with Crippen molar-refractivity contribution in [1.29, 1.82) is 0 Å². The van der Waals surface area contributed by atoms with Gasteiger partial charge in [-0.05, 0) is 45.2 Å². The molecule has 1 aromatic rings. The molecule has 0 saturated heterocycles. The highest BCUT2D eigenvalue weighted by molar-refractivity contribution is 5.69. The number of aromatic amines is 1. The number of hydrogen-bond donors (Lipinski definition) is 1. The second-order valence-corrected chi connectivity index (χ2v) is 3.77. The lowest BCUT2D eigenvalue weighted by Crippen LogP contribution is -2.04. The second kappa shape index (κ2) is 5.59. The van der Waals surface area contributed by atoms with E-state index in [0.717, 1.165) is 12.8 Å². The summed E-state index contributed by atoms with van der Waals surface area (Å²) in [5, 5.41) is 0. The highest BCUT2D eigenvalue weighted by Gasteiger charge is 2.05. The third-order valence-electron chi connectivity index (χ3n) is 2.37. The first-order valence-corrected chi connectivity index (χ1v) is 5.44. The van der Waals surface area contributed by atoms with Crippen molar-refractivity contribution in [3.8, 4) is 0 Å². The molecule has 1 N–H and O–H groups in total. The van der Waals surface area contributed by atoms with E-state index in [4.69, 9.17) is 4.74 Å². The van der Waals surface area contributed by atoms with Crippen LogP contribution in [0.15, 0.2) is 6.07 Å². The second-order valence-electron chi connectivity index (χ2n) is 3.77. The standard InChI is InChI=1S/C12H19NO2/c1-4-15-12(14)7-5-6-11-9(2)8-10(3)13-11/h8,13H,4-7H2,1-3H3. The fourth-order valence-corrected chi connectivity index (χ4v) is 1.69. The number of aromatic nitrogens is 1. The number of nitrogens with one attached hydrogen (secondary N) is 1. The summed E-state index contributed by atoms with van der Waals surface area (Å²) >= 11 is 0. The molecule has 15 heavy (non-hydrogen) atoms. The SMILES string of the molecule is CCOC(=O)CCCc1[nH]c(C)cc1C. The Bertz CT molecular complexity index is 328. The minimum Gasteiger partial charge on any atom is -0.466 e. The van der Waals surface area contributed by atoms with Gasteiger partial charge in [0.25, 0.3) is 0 Å². The zero-order valence-electron chi connectivity index (χ0n) is 9.72. The van der Waals surface area contributed by atoms with Crippen LogP contribution in [0.25, 0.3) is 0 Å². The third kappa shape index (κ3) is 3.78. The maximum Gasteiger partial charge on any atom is 0.305 e. The Morgan fingerprint density at radius 1 is 1.47 bits per heavy atom. The number of H-pyrrole nitrogens is 1. The molecule has 0 aromatic carbocycles. The lowest BCUT2D eigenvalue weighted by Gasteiger charge is -2.01. The van der Waals surface area contributed by atoms with Crippen molar-refractivity contribution in [2.75, 3.05) is 6.61 Å². The normalized spacial score (nSPS) is 10.3. The fourth-order valence-electron chi connectivity index (χ4n) is 1.69. The zero-order valence-corrected chi connectivity index (χ0v) is 9.72. The largest absolute Gasteiger partial charge is 0.466 e. The number of hydrogen-bond acceptors (Lipinski definition) is 2. The van der Waals surface area contributed by atoms with E-state index in [9.17, 15) is 4.79 Å². The Hall–Kier alpha value is -1.25. The van der Waals surface area contributed by atoms with E-state index < -0.39 is 0 Å². The van der Waals surface area contributed by atoms with Gasteiger partial charge in [0.05, 0.1) is 6.61 Å². The Morgan fingerprint density at radius 2 is 2.20 bits per heavy atom. The highest BCUT2D eigenvalue weighted by atomic mass is 16.5. The molecule has 0 aliphatic rings. The first kappa shape index (κ1) is 11.8. The molecule has 0 radical (unpaired) electrons. The van der Waals surface area contributed by atoms with Crippen LogP contribution in [0.2, 0.25) is 0 Å². The molecule has 3 heteroatoms. The van der Waals surface area contributed by atoms with E-state index in [0.29, 0.717) is 13.0 Å². The average Bonchev–Trinajstić information content (AvgIpc) is 2.46. The molecule has 0 bridgehead atoms. The third-order valence-corrected chi connectivity index (χ3v) is 2.37. The van der Waals surface area contributed by atoms with Gasteiger partial charge in [0.2, 0.25) is 0 Å². The first-order valence-electron chi connectivity index (χ1n) is 5.44. The van der Waals surface area contributed by atoms with E-state index in [-0.39, 0.29) is 5.97 Å². The predicted molar refractivity (Wildman–Crippen MR) is 59.8 cm³/mol. The number of aryl methyl sites for hydroxylation is 3. The van der Waals surface area contributed by atoms with Crippen molar-refractivity contribution >= 4 is 5.97 Å². The first-order chi connectivity index (χ1) is 7.13. The van der Waals surface area contributed by atoms with E-state index in [1.807, 2.05) is 13.8 Å². The summed E-state index contributed by atoms with van der Waals surface area (Å²) in [6, 6.07) is 2.12. The van der Waals surface area contributed by atoms with Gasteiger partial charge in [-0.2, -0.15) is 0 Å². The maximum atomic E-state index is 11.1. The van der Waals surface area contributed by atoms with Crippen LogP contribution < -0.4 is 0 Å². The van der Waals surface area contributed by atoms with Crippen LogP contribution in [0.5, 0.6) is 0 Å². The average molecular weight is 209 g/mol. The van der Waals surface area contributed by atoms with Crippen molar-refractivity contribution < 1.29 is 9.53 Å². The van der Waals surface area contributed by atoms with Crippen molar-refractivity contribution in [1.82, 2.24) is 4.98 Å². The Morgan fingerprint density at radius 3 is 2.73 bits per heavy atom. The smallest absolute Gasteiger partial charge is 0.305 e. The quantitative estimate of drug-likeness (QED) is 0.757. The lowest BCUT2D eigenvalue weighted by atomic mass is 10.1. The van der Waals surface area contributed by atoms with Crippen LogP contribution in [0.4, 0.5) is 0 Å². The highest BCUT2D eigenvalue weighted by Crippen LogP contribution is 2.12. The summed E-state index contributed by atoms with van der Waals surface area (Å²) < 4.78 is 4.87. The molecule has 0 atom stereocenters. The Labute approximate surface area is 90.8 Å². The molecule has 1 aromatic heterocycles. The van der Waals surface area contributed by atoms with Gasteiger partial charge >= 0.3 is 5.97 Å². The molecule has 3 nitrogen and oxygen atoms in total. The summed E-state index contributed by atoms with van der Waals surface area (Å²) in [6.07, 6.45) is 2.27. The van der Waals surface area contributed by atoms with Crippen LogP contribution in [0.1, 0.15) is 36.7 Å². The van der Waals surface area contributed by atoms with Gasteiger partial charge in [0, 0.05) is 17.8 Å². The van der Waals surface area contributed by atoms with E-state index in [2.05, 4.69) is 18.0 Å². The molecule has 0 aliphatic carbocycles. The number of rotatable bonds is 5. The van der Waals surface area contributed by atoms with Crippen molar-refractivity contribution in [3.05, 3.63) is 23.0 Å². The molecule has 1 rings (SSSR count). The molecular formula is C12H19NO2. The Kier molecular flexibility index (Phi) is 4.40. The summed E-state index contributed by atoms with van der Waals surface area (Å²) in [5.74, 6) is -0.0987. The minimum absolute atomic E-state index is 0.0987. The molecule has 0 fully saturated rings. The number of carbonyl (C=O) groups is 1. The predicted octanol–water partition coefficient (Wildman–Crippen LogP) is 2.52. The van der Waals surface area contributed by atoms with Crippen LogP contribution in [-0.4, -0.2) is 17.6 Å². The molecular weight excluding hydrogens is 190 g/mol. The topological polar surface area (TPSA) is 42.1 Å². The maximum absolute atomic E-state index is 11.1.